The minimum Gasteiger partial charge on any atom is -0.396 e. The fourth-order valence-corrected chi connectivity index (χ4v) is 3.39. The first-order valence-electron chi connectivity index (χ1n) is 6.68. The molecule has 3 heteroatoms. The van der Waals surface area contributed by atoms with Gasteiger partial charge in [-0.3, -0.25) is 0 Å². The van der Waals surface area contributed by atoms with Crippen molar-refractivity contribution in [3.8, 4) is 0 Å². The van der Waals surface area contributed by atoms with Crippen LogP contribution in [-0.2, 0) is 9.47 Å². The zero-order valence-electron chi connectivity index (χ0n) is 10.3. The third-order valence-electron chi connectivity index (χ3n) is 4.15. The van der Waals surface area contributed by atoms with Crippen molar-refractivity contribution >= 4 is 0 Å². The van der Waals surface area contributed by atoms with Crippen molar-refractivity contribution in [3.05, 3.63) is 0 Å². The summed E-state index contributed by atoms with van der Waals surface area (Å²) in [5.41, 5.74) is 0.306. The first-order chi connectivity index (χ1) is 7.80. The van der Waals surface area contributed by atoms with Crippen LogP contribution >= 0.6 is 0 Å². The van der Waals surface area contributed by atoms with Gasteiger partial charge in [-0.1, -0.05) is 12.8 Å². The summed E-state index contributed by atoms with van der Waals surface area (Å²) in [5, 5.41) is 9.01. The second-order valence-electron chi connectivity index (χ2n) is 5.15. The summed E-state index contributed by atoms with van der Waals surface area (Å²) >= 11 is 0. The number of fused-ring (bicyclic) bond motifs is 1. The molecule has 2 fully saturated rings. The first-order valence-corrected chi connectivity index (χ1v) is 6.68. The Bertz CT molecular complexity index is 219. The van der Waals surface area contributed by atoms with Crippen LogP contribution in [0.2, 0.25) is 0 Å². The van der Waals surface area contributed by atoms with Crippen molar-refractivity contribution in [2.75, 3.05) is 13.2 Å². The van der Waals surface area contributed by atoms with Crippen LogP contribution in [0.3, 0.4) is 0 Å². The van der Waals surface area contributed by atoms with Crippen LogP contribution in [0, 0.1) is 5.41 Å². The highest BCUT2D eigenvalue weighted by Crippen LogP contribution is 2.51. The SMILES string of the molecule is CCOC1C[C@@]2(CCCO)CCCC[C@H]2O1. The number of aliphatic hydroxyl groups excluding tert-OH is 1. The van der Waals surface area contributed by atoms with Gasteiger partial charge in [-0.05, 0) is 32.6 Å². The number of hydrogen-bond donors (Lipinski definition) is 1. The Morgan fingerprint density at radius 2 is 2.31 bits per heavy atom. The number of aliphatic hydroxyl groups is 1. The smallest absolute Gasteiger partial charge is 0.158 e. The minimum absolute atomic E-state index is 0.00629. The van der Waals surface area contributed by atoms with Crippen LogP contribution in [0.1, 0.15) is 51.9 Å². The van der Waals surface area contributed by atoms with Gasteiger partial charge in [0.1, 0.15) is 0 Å². The van der Waals surface area contributed by atoms with E-state index in [9.17, 15) is 0 Å². The topological polar surface area (TPSA) is 38.7 Å². The van der Waals surface area contributed by atoms with Gasteiger partial charge in [0.25, 0.3) is 0 Å². The van der Waals surface area contributed by atoms with Gasteiger partial charge >= 0.3 is 0 Å². The lowest BCUT2D eigenvalue weighted by atomic mass is 9.68. The molecule has 0 bridgehead atoms. The molecular weight excluding hydrogens is 204 g/mol. The molecule has 16 heavy (non-hydrogen) atoms. The summed E-state index contributed by atoms with van der Waals surface area (Å²) in [4.78, 5) is 0. The Morgan fingerprint density at radius 1 is 1.44 bits per heavy atom. The predicted molar refractivity (Wildman–Crippen MR) is 62.1 cm³/mol. The van der Waals surface area contributed by atoms with Crippen molar-refractivity contribution in [3.63, 3.8) is 0 Å². The maximum atomic E-state index is 9.01. The van der Waals surface area contributed by atoms with Gasteiger partial charge in [0.2, 0.25) is 0 Å². The fraction of sp³-hybridized carbons (Fsp3) is 1.00. The molecule has 1 saturated carbocycles. The normalized spacial score (nSPS) is 38.6. The molecule has 3 nitrogen and oxygen atoms in total. The average molecular weight is 228 g/mol. The van der Waals surface area contributed by atoms with Crippen molar-refractivity contribution < 1.29 is 14.6 Å². The number of rotatable bonds is 5. The molecule has 1 heterocycles. The van der Waals surface area contributed by atoms with E-state index < -0.39 is 0 Å². The Kier molecular flexibility index (Phi) is 4.22. The first kappa shape index (κ1) is 12.3. The Morgan fingerprint density at radius 3 is 3.06 bits per heavy atom. The van der Waals surface area contributed by atoms with Crippen LogP contribution in [0.15, 0.2) is 0 Å². The molecule has 3 atom stereocenters. The standard InChI is InChI=1S/C13H24O3/c1-2-15-12-10-13(8-5-9-14)7-4-3-6-11(13)16-12/h11-12,14H,2-10H2,1H3/t11-,12?,13+/m1/s1. The maximum absolute atomic E-state index is 9.01. The summed E-state index contributed by atoms with van der Waals surface area (Å²) < 4.78 is 11.6. The van der Waals surface area contributed by atoms with Crippen molar-refractivity contribution in [1.29, 1.82) is 0 Å². The maximum Gasteiger partial charge on any atom is 0.158 e. The molecule has 1 N–H and O–H groups in total. The van der Waals surface area contributed by atoms with E-state index in [1.54, 1.807) is 0 Å². The molecule has 0 aromatic heterocycles. The average Bonchev–Trinajstić information content (AvgIpc) is 2.65. The van der Waals surface area contributed by atoms with Gasteiger partial charge in [-0.15, -0.1) is 0 Å². The largest absolute Gasteiger partial charge is 0.396 e. The number of hydrogen-bond acceptors (Lipinski definition) is 3. The molecule has 2 aliphatic rings. The zero-order chi connectivity index (χ0) is 11.4. The second kappa shape index (κ2) is 5.48. The molecule has 0 aromatic carbocycles. The Labute approximate surface area is 98.1 Å². The van der Waals surface area contributed by atoms with Gasteiger partial charge in [-0.25, -0.2) is 0 Å². The lowest BCUT2D eigenvalue weighted by Gasteiger charge is -2.37. The van der Waals surface area contributed by atoms with E-state index in [1.165, 1.54) is 25.7 Å². The summed E-state index contributed by atoms with van der Waals surface area (Å²) in [6.07, 6.45) is 8.43. The molecule has 0 amide bonds. The lowest BCUT2D eigenvalue weighted by Crippen LogP contribution is -2.34. The molecule has 1 unspecified atom stereocenters. The quantitative estimate of drug-likeness (QED) is 0.785. The van der Waals surface area contributed by atoms with Crippen LogP contribution in [0.25, 0.3) is 0 Å². The van der Waals surface area contributed by atoms with Crippen LogP contribution < -0.4 is 0 Å². The van der Waals surface area contributed by atoms with E-state index in [4.69, 9.17) is 14.6 Å². The van der Waals surface area contributed by atoms with Crippen molar-refractivity contribution in [1.82, 2.24) is 0 Å². The minimum atomic E-state index is 0.00629. The van der Waals surface area contributed by atoms with E-state index in [-0.39, 0.29) is 6.29 Å². The molecule has 2 rings (SSSR count). The monoisotopic (exact) mass is 228 g/mol. The molecule has 1 aliphatic heterocycles. The number of ether oxygens (including phenoxy) is 2. The van der Waals surface area contributed by atoms with Gasteiger partial charge in [0, 0.05) is 25.0 Å². The second-order valence-corrected chi connectivity index (χ2v) is 5.15. The molecule has 1 saturated heterocycles. The van der Waals surface area contributed by atoms with Crippen LogP contribution in [-0.4, -0.2) is 30.7 Å². The highest BCUT2D eigenvalue weighted by molar-refractivity contribution is 4.95. The lowest BCUT2D eigenvalue weighted by molar-refractivity contribution is -0.136. The molecule has 1 aliphatic carbocycles. The molecular formula is C13H24O3. The van der Waals surface area contributed by atoms with Crippen molar-refractivity contribution in [2.45, 2.75) is 64.3 Å². The molecule has 94 valence electrons. The molecule has 0 aromatic rings. The van der Waals surface area contributed by atoms with E-state index >= 15 is 0 Å². The summed E-state index contributed by atoms with van der Waals surface area (Å²) in [6, 6.07) is 0. The summed E-state index contributed by atoms with van der Waals surface area (Å²) in [5.74, 6) is 0. The molecule has 0 spiro atoms. The molecule has 0 radical (unpaired) electrons. The summed E-state index contributed by atoms with van der Waals surface area (Å²) in [6.45, 7) is 3.05. The van der Waals surface area contributed by atoms with E-state index in [0.29, 0.717) is 18.1 Å². The van der Waals surface area contributed by atoms with Gasteiger partial charge in [0.15, 0.2) is 6.29 Å². The third kappa shape index (κ3) is 2.41. The fourth-order valence-electron chi connectivity index (χ4n) is 3.39. The third-order valence-corrected chi connectivity index (χ3v) is 4.15. The van der Waals surface area contributed by atoms with E-state index in [1.807, 2.05) is 6.92 Å². The van der Waals surface area contributed by atoms with Crippen LogP contribution in [0.4, 0.5) is 0 Å². The zero-order valence-corrected chi connectivity index (χ0v) is 10.3. The van der Waals surface area contributed by atoms with E-state index in [2.05, 4.69) is 0 Å². The Hall–Kier alpha value is -0.120. The van der Waals surface area contributed by atoms with Gasteiger partial charge in [-0.2, -0.15) is 0 Å². The van der Waals surface area contributed by atoms with E-state index in [0.717, 1.165) is 25.9 Å². The predicted octanol–water partition coefficient (Wildman–Crippen LogP) is 2.47. The van der Waals surface area contributed by atoms with Crippen molar-refractivity contribution in [2.24, 2.45) is 5.41 Å². The highest BCUT2D eigenvalue weighted by atomic mass is 16.7. The highest BCUT2D eigenvalue weighted by Gasteiger charge is 2.49. The van der Waals surface area contributed by atoms with Gasteiger partial charge < -0.3 is 14.6 Å². The Balaban J connectivity index is 1.99. The van der Waals surface area contributed by atoms with Gasteiger partial charge in [0.05, 0.1) is 6.10 Å². The van der Waals surface area contributed by atoms with Crippen LogP contribution in [0.5, 0.6) is 0 Å². The summed E-state index contributed by atoms with van der Waals surface area (Å²) in [7, 11) is 0.